The second-order valence-electron chi connectivity index (χ2n) is 8.03. The molecule has 0 spiro atoms. The molecule has 4 aromatic carbocycles. The van der Waals surface area contributed by atoms with Crippen LogP contribution < -0.4 is 20.7 Å². The van der Waals surface area contributed by atoms with Crippen LogP contribution in [-0.4, -0.2) is 36.0 Å². The molecule has 0 bridgehead atoms. The second-order valence-corrected chi connectivity index (χ2v) is 8.44. The highest BCUT2D eigenvalue weighted by atomic mass is 32.1. The normalized spacial score (nSPS) is 11.7. The molecule has 0 aliphatic rings. The van der Waals surface area contributed by atoms with Gasteiger partial charge in [0.25, 0.3) is 0 Å². The predicted octanol–water partition coefficient (Wildman–Crippen LogP) is 5.22. The van der Waals surface area contributed by atoms with E-state index in [0.717, 1.165) is 35.5 Å². The molecule has 1 atom stereocenters. The Morgan fingerprint density at radius 3 is 2.38 bits per heavy atom. The van der Waals surface area contributed by atoms with Crippen molar-refractivity contribution in [3.8, 4) is 5.75 Å². The summed E-state index contributed by atoms with van der Waals surface area (Å²) in [5.74, 6) is 0.766. The molecule has 4 rings (SSSR count). The van der Waals surface area contributed by atoms with Gasteiger partial charge in [0.15, 0.2) is 5.11 Å². The average Bonchev–Trinajstić information content (AvgIpc) is 2.87. The smallest absolute Gasteiger partial charge is 0.175 e. The first-order valence-electron chi connectivity index (χ1n) is 11.4. The first-order valence-corrected chi connectivity index (χ1v) is 11.8. The van der Waals surface area contributed by atoms with Gasteiger partial charge in [-0.05, 0) is 66.5 Å². The van der Waals surface area contributed by atoms with E-state index in [1.54, 1.807) is 0 Å². The number of aliphatic hydroxyl groups excluding tert-OH is 1. The number of para-hydroxylation sites is 1. The summed E-state index contributed by atoms with van der Waals surface area (Å²) in [4.78, 5) is 0. The van der Waals surface area contributed by atoms with Crippen LogP contribution in [0.25, 0.3) is 10.8 Å². The van der Waals surface area contributed by atoms with Gasteiger partial charge in [-0.25, -0.2) is 0 Å². The lowest BCUT2D eigenvalue weighted by atomic mass is 10.1. The van der Waals surface area contributed by atoms with Gasteiger partial charge in [0.05, 0.1) is 0 Å². The van der Waals surface area contributed by atoms with Crippen molar-refractivity contribution in [2.75, 3.05) is 30.3 Å². The van der Waals surface area contributed by atoms with Crippen LogP contribution in [0.1, 0.15) is 5.56 Å². The Kier molecular flexibility index (Phi) is 8.46. The van der Waals surface area contributed by atoms with E-state index in [1.807, 2.05) is 66.7 Å². The molecule has 0 amide bonds. The fourth-order valence-corrected chi connectivity index (χ4v) is 3.87. The van der Waals surface area contributed by atoms with Crippen LogP contribution in [0.5, 0.6) is 5.75 Å². The number of ether oxygens (including phenoxy) is 1. The third-order valence-corrected chi connectivity index (χ3v) is 5.61. The van der Waals surface area contributed by atoms with E-state index < -0.39 is 6.10 Å². The molecule has 174 valence electrons. The van der Waals surface area contributed by atoms with Crippen LogP contribution in [0.15, 0.2) is 97.1 Å². The Hall–Kier alpha value is -3.45. The first-order chi connectivity index (χ1) is 16.7. The average molecular weight is 472 g/mol. The standard InChI is InChI=1S/C28H29N3O2S/c32-24(20-33-25-9-2-1-3-10-25)19-29-18-17-21-13-15-23(16-14-21)30-28(34)31-27-12-6-8-22-7-4-5-11-26(22)27/h1-16,24,29,32H,17-20H2,(H2,30,31,34)/t24-/m0/s1. The van der Waals surface area contributed by atoms with Crippen LogP contribution >= 0.6 is 12.2 Å². The minimum absolute atomic E-state index is 0.268. The van der Waals surface area contributed by atoms with Crippen LogP contribution in [0.4, 0.5) is 11.4 Å². The maximum atomic E-state index is 10.1. The Morgan fingerprint density at radius 2 is 1.56 bits per heavy atom. The third-order valence-electron chi connectivity index (χ3n) is 5.41. The number of fused-ring (bicyclic) bond motifs is 1. The van der Waals surface area contributed by atoms with Crippen molar-refractivity contribution < 1.29 is 9.84 Å². The molecule has 0 saturated carbocycles. The van der Waals surface area contributed by atoms with E-state index in [1.165, 1.54) is 10.9 Å². The highest BCUT2D eigenvalue weighted by Crippen LogP contribution is 2.23. The lowest BCUT2D eigenvalue weighted by Gasteiger charge is -2.14. The molecule has 6 heteroatoms. The molecule has 4 N–H and O–H groups in total. The highest BCUT2D eigenvalue weighted by molar-refractivity contribution is 7.80. The van der Waals surface area contributed by atoms with Gasteiger partial charge in [-0.15, -0.1) is 0 Å². The Morgan fingerprint density at radius 1 is 0.824 bits per heavy atom. The fourth-order valence-electron chi connectivity index (χ4n) is 3.64. The first kappa shape index (κ1) is 23.7. The zero-order chi connectivity index (χ0) is 23.6. The Balaban J connectivity index is 1.18. The largest absolute Gasteiger partial charge is 0.491 e. The number of hydrogen-bond donors (Lipinski definition) is 4. The van der Waals surface area contributed by atoms with Crippen molar-refractivity contribution in [1.82, 2.24) is 5.32 Å². The van der Waals surface area contributed by atoms with Gasteiger partial charge in [-0.2, -0.15) is 0 Å². The summed E-state index contributed by atoms with van der Waals surface area (Å²) in [7, 11) is 0. The van der Waals surface area contributed by atoms with Gasteiger partial charge in [-0.3, -0.25) is 0 Å². The number of benzene rings is 4. The summed E-state index contributed by atoms with van der Waals surface area (Å²) in [6.07, 6.45) is 0.313. The van der Waals surface area contributed by atoms with E-state index in [2.05, 4.69) is 46.3 Å². The fraction of sp³-hybridized carbons (Fsp3) is 0.179. The van der Waals surface area contributed by atoms with E-state index in [0.29, 0.717) is 11.7 Å². The van der Waals surface area contributed by atoms with Gasteiger partial charge in [0, 0.05) is 23.3 Å². The number of nitrogens with one attached hydrogen (secondary N) is 3. The number of rotatable bonds is 10. The van der Waals surface area contributed by atoms with Crippen molar-refractivity contribution >= 4 is 39.5 Å². The molecular formula is C28H29N3O2S. The molecule has 0 heterocycles. The van der Waals surface area contributed by atoms with Gasteiger partial charge in [0.1, 0.15) is 18.5 Å². The molecule has 0 radical (unpaired) electrons. The van der Waals surface area contributed by atoms with Crippen molar-refractivity contribution in [3.05, 3.63) is 103 Å². The maximum absolute atomic E-state index is 10.1. The molecule has 4 aromatic rings. The van der Waals surface area contributed by atoms with Crippen LogP contribution in [-0.2, 0) is 6.42 Å². The summed E-state index contributed by atoms with van der Waals surface area (Å²) in [6, 6.07) is 32.1. The molecule has 5 nitrogen and oxygen atoms in total. The van der Waals surface area contributed by atoms with Crippen LogP contribution in [0, 0.1) is 0 Å². The number of anilines is 2. The summed E-state index contributed by atoms with van der Waals surface area (Å²) in [6.45, 7) is 1.53. The molecule has 0 aliphatic heterocycles. The minimum Gasteiger partial charge on any atom is -0.491 e. The van der Waals surface area contributed by atoms with E-state index in [4.69, 9.17) is 17.0 Å². The Labute approximate surface area is 205 Å². The Bertz CT molecular complexity index is 1190. The quantitative estimate of drug-likeness (QED) is 0.188. The molecule has 0 saturated heterocycles. The van der Waals surface area contributed by atoms with Crippen molar-refractivity contribution in [2.24, 2.45) is 0 Å². The van der Waals surface area contributed by atoms with Gasteiger partial charge in [-0.1, -0.05) is 66.7 Å². The lowest BCUT2D eigenvalue weighted by Crippen LogP contribution is -2.32. The molecule has 34 heavy (non-hydrogen) atoms. The topological polar surface area (TPSA) is 65.5 Å². The number of aliphatic hydroxyl groups is 1. The highest BCUT2D eigenvalue weighted by Gasteiger charge is 2.06. The minimum atomic E-state index is -0.554. The van der Waals surface area contributed by atoms with E-state index in [-0.39, 0.29) is 6.61 Å². The number of thiocarbonyl (C=S) groups is 1. The zero-order valence-corrected chi connectivity index (χ0v) is 19.7. The maximum Gasteiger partial charge on any atom is 0.175 e. The van der Waals surface area contributed by atoms with E-state index >= 15 is 0 Å². The molecule has 0 fully saturated rings. The van der Waals surface area contributed by atoms with Crippen molar-refractivity contribution in [2.45, 2.75) is 12.5 Å². The summed E-state index contributed by atoms with van der Waals surface area (Å²) >= 11 is 5.51. The van der Waals surface area contributed by atoms with Crippen molar-refractivity contribution in [1.29, 1.82) is 0 Å². The van der Waals surface area contributed by atoms with Crippen LogP contribution in [0.2, 0.25) is 0 Å². The van der Waals surface area contributed by atoms with Crippen molar-refractivity contribution in [3.63, 3.8) is 0 Å². The van der Waals surface area contributed by atoms with E-state index in [9.17, 15) is 5.11 Å². The molecule has 0 aliphatic carbocycles. The molecule has 0 unspecified atom stereocenters. The zero-order valence-electron chi connectivity index (χ0n) is 18.9. The van der Waals surface area contributed by atoms with Gasteiger partial charge < -0.3 is 25.8 Å². The second kappa shape index (κ2) is 12.1. The monoisotopic (exact) mass is 471 g/mol. The van der Waals surface area contributed by atoms with Gasteiger partial charge in [0.2, 0.25) is 0 Å². The number of hydrogen-bond acceptors (Lipinski definition) is 4. The summed E-state index contributed by atoms with van der Waals surface area (Å²) in [5.41, 5.74) is 3.12. The third kappa shape index (κ3) is 7.02. The lowest BCUT2D eigenvalue weighted by molar-refractivity contribution is 0.106. The molecular weight excluding hydrogens is 442 g/mol. The molecule has 0 aromatic heterocycles. The summed E-state index contributed by atoms with van der Waals surface area (Å²) < 4.78 is 5.57. The van der Waals surface area contributed by atoms with Crippen LogP contribution in [0.3, 0.4) is 0 Å². The SMILES string of the molecule is O[C@@H](CNCCc1ccc(NC(=S)Nc2cccc3ccccc23)cc1)COc1ccccc1. The predicted molar refractivity (Wildman–Crippen MR) is 145 cm³/mol. The summed E-state index contributed by atoms with van der Waals surface area (Å²) in [5, 5.41) is 22.8. The van der Waals surface area contributed by atoms with Gasteiger partial charge >= 0.3 is 0 Å².